The molecule has 0 aromatic heterocycles. The SMILES string of the molecule is Cc1ccc(Cl)cc1N1CC[NH+]([C@H](C)C(=O)N(C)c2ccccc2)CC1. The van der Waals surface area contributed by atoms with Gasteiger partial charge in [-0.1, -0.05) is 35.9 Å². The lowest BCUT2D eigenvalue weighted by Gasteiger charge is -2.37. The Morgan fingerprint density at radius 2 is 1.81 bits per heavy atom. The molecule has 0 aliphatic carbocycles. The van der Waals surface area contributed by atoms with Gasteiger partial charge in [0.1, 0.15) is 0 Å². The highest BCUT2D eigenvalue weighted by Crippen LogP contribution is 2.24. The highest BCUT2D eigenvalue weighted by molar-refractivity contribution is 6.30. The molecule has 0 unspecified atom stereocenters. The normalized spacial score (nSPS) is 16.4. The third-order valence-electron chi connectivity index (χ3n) is 5.37. The first-order valence-corrected chi connectivity index (χ1v) is 9.53. The van der Waals surface area contributed by atoms with Crippen molar-refractivity contribution in [1.29, 1.82) is 0 Å². The number of amides is 1. The van der Waals surface area contributed by atoms with E-state index in [1.165, 1.54) is 16.2 Å². The largest absolute Gasteiger partial charge is 0.360 e. The number of hydrogen-bond acceptors (Lipinski definition) is 2. The number of quaternary nitrogens is 1. The van der Waals surface area contributed by atoms with E-state index in [9.17, 15) is 4.79 Å². The minimum absolute atomic E-state index is 0.0529. The summed E-state index contributed by atoms with van der Waals surface area (Å²) in [5.74, 6) is 0.165. The molecule has 2 aromatic rings. The summed E-state index contributed by atoms with van der Waals surface area (Å²) in [6.07, 6.45) is 0. The number of aryl methyl sites for hydroxylation is 1. The van der Waals surface area contributed by atoms with E-state index in [0.717, 1.165) is 36.9 Å². The van der Waals surface area contributed by atoms with Gasteiger partial charge in [0.2, 0.25) is 0 Å². The Morgan fingerprint density at radius 3 is 2.46 bits per heavy atom. The van der Waals surface area contributed by atoms with Gasteiger partial charge in [-0.25, -0.2) is 0 Å². The first-order chi connectivity index (χ1) is 12.5. The molecule has 138 valence electrons. The number of carbonyl (C=O) groups excluding carboxylic acids is 1. The van der Waals surface area contributed by atoms with Crippen LogP contribution in [0.25, 0.3) is 0 Å². The van der Waals surface area contributed by atoms with Crippen molar-refractivity contribution in [2.24, 2.45) is 0 Å². The molecule has 26 heavy (non-hydrogen) atoms. The molecule has 0 bridgehead atoms. The maximum absolute atomic E-state index is 12.9. The lowest BCUT2D eigenvalue weighted by molar-refractivity contribution is -0.914. The van der Waals surface area contributed by atoms with Gasteiger partial charge in [-0.05, 0) is 43.7 Å². The molecule has 0 radical (unpaired) electrons. The molecule has 1 aliphatic heterocycles. The maximum atomic E-state index is 12.9. The van der Waals surface area contributed by atoms with Gasteiger partial charge < -0.3 is 14.7 Å². The number of para-hydroxylation sites is 1. The summed E-state index contributed by atoms with van der Waals surface area (Å²) in [5, 5.41) is 0.772. The van der Waals surface area contributed by atoms with Gasteiger partial charge >= 0.3 is 0 Å². The van der Waals surface area contributed by atoms with Gasteiger partial charge in [-0.15, -0.1) is 0 Å². The van der Waals surface area contributed by atoms with E-state index in [-0.39, 0.29) is 11.9 Å². The lowest BCUT2D eigenvalue weighted by Crippen LogP contribution is -3.19. The second-order valence-electron chi connectivity index (χ2n) is 7.03. The smallest absolute Gasteiger partial charge is 0.284 e. The van der Waals surface area contributed by atoms with Crippen LogP contribution in [-0.2, 0) is 4.79 Å². The van der Waals surface area contributed by atoms with E-state index in [1.54, 1.807) is 4.90 Å². The first-order valence-electron chi connectivity index (χ1n) is 9.15. The summed E-state index contributed by atoms with van der Waals surface area (Å²) in [6, 6.07) is 15.8. The van der Waals surface area contributed by atoms with Crippen LogP contribution in [0.15, 0.2) is 48.5 Å². The topological polar surface area (TPSA) is 28.0 Å². The van der Waals surface area contributed by atoms with Gasteiger partial charge in [0.15, 0.2) is 6.04 Å². The number of carbonyl (C=O) groups is 1. The number of likely N-dealkylation sites (N-methyl/N-ethyl adjacent to an activating group) is 1. The Hall–Kier alpha value is -2.04. The monoisotopic (exact) mass is 372 g/mol. The van der Waals surface area contributed by atoms with Gasteiger partial charge in [-0.2, -0.15) is 0 Å². The fourth-order valence-electron chi connectivity index (χ4n) is 3.64. The van der Waals surface area contributed by atoms with Crippen LogP contribution in [-0.4, -0.2) is 45.2 Å². The summed E-state index contributed by atoms with van der Waals surface area (Å²) >= 11 is 6.17. The number of nitrogens with zero attached hydrogens (tertiary/aromatic N) is 2. The van der Waals surface area contributed by atoms with Crippen LogP contribution in [0.2, 0.25) is 5.02 Å². The summed E-state index contributed by atoms with van der Waals surface area (Å²) in [4.78, 5) is 18.4. The van der Waals surface area contributed by atoms with Crippen molar-refractivity contribution in [3.8, 4) is 0 Å². The van der Waals surface area contributed by atoms with E-state index in [1.807, 2.05) is 56.4 Å². The summed E-state index contributed by atoms with van der Waals surface area (Å²) in [5.41, 5.74) is 3.39. The standard InChI is InChI=1S/C21H26ClN3O/c1-16-9-10-18(22)15-20(16)25-13-11-24(12-14-25)17(2)21(26)23(3)19-7-5-4-6-8-19/h4-10,15,17H,11-14H2,1-3H3/p+1/t17-/m1/s1. The van der Waals surface area contributed by atoms with Crippen molar-refractivity contribution in [2.45, 2.75) is 19.9 Å². The molecule has 1 aliphatic rings. The molecule has 0 spiro atoms. The van der Waals surface area contributed by atoms with Gasteiger partial charge in [-0.3, -0.25) is 4.79 Å². The van der Waals surface area contributed by atoms with Crippen molar-refractivity contribution in [1.82, 2.24) is 0 Å². The average molecular weight is 373 g/mol. The Balaban J connectivity index is 1.62. The molecular formula is C21H27ClN3O+. The summed E-state index contributed by atoms with van der Waals surface area (Å²) < 4.78 is 0. The summed E-state index contributed by atoms with van der Waals surface area (Å²) in [6.45, 7) is 7.92. The van der Waals surface area contributed by atoms with Gasteiger partial charge in [0.05, 0.1) is 26.2 Å². The van der Waals surface area contributed by atoms with Crippen LogP contribution in [0.1, 0.15) is 12.5 Å². The molecule has 0 saturated carbocycles. The lowest BCUT2D eigenvalue weighted by atomic mass is 10.1. The molecule has 1 N–H and O–H groups in total. The third-order valence-corrected chi connectivity index (χ3v) is 5.61. The predicted octanol–water partition coefficient (Wildman–Crippen LogP) is 2.40. The zero-order valence-corrected chi connectivity index (χ0v) is 16.5. The number of anilines is 2. The minimum Gasteiger partial charge on any atom is -0.360 e. The molecule has 1 fully saturated rings. The van der Waals surface area contributed by atoms with E-state index in [2.05, 4.69) is 17.9 Å². The fourth-order valence-corrected chi connectivity index (χ4v) is 3.80. The number of piperazine rings is 1. The van der Waals surface area contributed by atoms with Crippen LogP contribution in [0, 0.1) is 6.92 Å². The Kier molecular flexibility index (Phi) is 5.84. The minimum atomic E-state index is -0.0529. The van der Waals surface area contributed by atoms with Gasteiger partial charge in [0.25, 0.3) is 5.91 Å². The van der Waals surface area contributed by atoms with Crippen LogP contribution >= 0.6 is 11.6 Å². The predicted molar refractivity (Wildman–Crippen MR) is 108 cm³/mol. The van der Waals surface area contributed by atoms with E-state index in [0.29, 0.717) is 0 Å². The Morgan fingerprint density at radius 1 is 1.15 bits per heavy atom. The molecule has 5 heteroatoms. The van der Waals surface area contributed by atoms with Crippen LogP contribution in [0.3, 0.4) is 0 Å². The second-order valence-corrected chi connectivity index (χ2v) is 7.47. The van der Waals surface area contributed by atoms with Gasteiger partial charge in [0, 0.05) is 23.4 Å². The van der Waals surface area contributed by atoms with E-state index >= 15 is 0 Å². The third kappa shape index (κ3) is 4.02. The quantitative estimate of drug-likeness (QED) is 0.892. The molecule has 4 nitrogen and oxygen atoms in total. The van der Waals surface area contributed by atoms with Crippen LogP contribution in [0.5, 0.6) is 0 Å². The molecule has 1 heterocycles. The molecule has 1 atom stereocenters. The van der Waals surface area contributed by atoms with Crippen LogP contribution in [0.4, 0.5) is 11.4 Å². The molecule has 1 amide bonds. The van der Waals surface area contributed by atoms with Crippen molar-refractivity contribution >= 4 is 28.9 Å². The number of nitrogens with one attached hydrogen (secondary N) is 1. The summed E-state index contributed by atoms with van der Waals surface area (Å²) in [7, 11) is 1.86. The number of halogens is 1. The van der Waals surface area contributed by atoms with Crippen molar-refractivity contribution in [3.05, 3.63) is 59.1 Å². The highest BCUT2D eigenvalue weighted by atomic mass is 35.5. The zero-order valence-electron chi connectivity index (χ0n) is 15.7. The molecule has 2 aromatic carbocycles. The first kappa shape index (κ1) is 18.7. The number of benzene rings is 2. The zero-order chi connectivity index (χ0) is 18.7. The highest BCUT2D eigenvalue weighted by Gasteiger charge is 2.31. The number of rotatable bonds is 4. The average Bonchev–Trinajstić information content (AvgIpc) is 2.69. The molecular weight excluding hydrogens is 346 g/mol. The fraction of sp³-hybridized carbons (Fsp3) is 0.381. The van der Waals surface area contributed by atoms with Crippen LogP contribution < -0.4 is 14.7 Å². The van der Waals surface area contributed by atoms with Crippen molar-refractivity contribution < 1.29 is 9.69 Å². The Bertz CT molecular complexity index is 757. The molecule has 3 rings (SSSR count). The van der Waals surface area contributed by atoms with E-state index in [4.69, 9.17) is 11.6 Å². The Labute approximate surface area is 161 Å². The number of hydrogen-bond donors (Lipinski definition) is 1. The second kappa shape index (κ2) is 8.11. The van der Waals surface area contributed by atoms with Crippen molar-refractivity contribution in [2.75, 3.05) is 43.0 Å². The maximum Gasteiger partial charge on any atom is 0.284 e. The molecule has 1 saturated heterocycles. The van der Waals surface area contributed by atoms with E-state index < -0.39 is 0 Å². The van der Waals surface area contributed by atoms with Crippen molar-refractivity contribution in [3.63, 3.8) is 0 Å².